The van der Waals surface area contributed by atoms with E-state index < -0.39 is 8.24 Å². The molecule has 2 nitrogen and oxygen atoms in total. The van der Waals surface area contributed by atoms with Crippen molar-refractivity contribution in [1.82, 2.24) is 4.57 Å². The van der Waals surface area contributed by atoms with Crippen LogP contribution in [-0.2, 0) is 4.74 Å². The molecule has 1 aliphatic rings. The van der Waals surface area contributed by atoms with Gasteiger partial charge in [0.2, 0.25) is 0 Å². The van der Waals surface area contributed by atoms with Crippen molar-refractivity contribution in [2.24, 2.45) is 0 Å². The van der Waals surface area contributed by atoms with Crippen molar-refractivity contribution in [3.8, 4) is 0 Å². The van der Waals surface area contributed by atoms with E-state index in [2.05, 4.69) is 24.2 Å². The van der Waals surface area contributed by atoms with Crippen LogP contribution in [0.1, 0.15) is 12.8 Å². The monoisotopic (exact) mass is 203 g/mol. The normalized spacial score (nSPS) is 33.0. The van der Waals surface area contributed by atoms with Gasteiger partial charge in [-0.05, 0) is 19.4 Å². The number of hydrogen-bond acceptors (Lipinski definition) is 2. The summed E-state index contributed by atoms with van der Waals surface area (Å²) in [5.74, 6) is 0. The predicted molar refractivity (Wildman–Crippen MR) is 59.0 cm³/mol. The summed E-state index contributed by atoms with van der Waals surface area (Å²) in [4.78, 5) is 0. The zero-order valence-corrected chi connectivity index (χ0v) is 12.0. The summed E-state index contributed by atoms with van der Waals surface area (Å²) in [5, 5.41) is 0.171. The molecule has 0 amide bonds. The third kappa shape index (κ3) is 1.81. The highest BCUT2D eigenvalue weighted by Crippen LogP contribution is 2.31. The Morgan fingerprint density at radius 1 is 1.42 bits per heavy atom. The maximum Gasteiger partial charge on any atom is 0.122 e. The van der Waals surface area contributed by atoms with Crippen LogP contribution in [-0.4, -0.2) is 42.0 Å². The smallest absolute Gasteiger partial charge is 0.122 e. The molecule has 0 aliphatic carbocycles. The Balaban J connectivity index is 2.77. The zero-order chi connectivity index (χ0) is 9.41. The summed E-state index contributed by atoms with van der Waals surface area (Å²) in [6.45, 7) is 8.48. The molecule has 0 spiro atoms. The highest BCUT2D eigenvalue weighted by Gasteiger charge is 2.42. The van der Waals surface area contributed by atoms with Crippen LogP contribution in [0.3, 0.4) is 0 Å². The van der Waals surface area contributed by atoms with E-state index in [1.807, 2.05) is 7.11 Å². The first-order chi connectivity index (χ1) is 5.40. The molecule has 12 heavy (non-hydrogen) atoms. The van der Waals surface area contributed by atoms with Gasteiger partial charge in [-0.2, -0.15) is 0 Å². The SMILES string of the molecule is COC1([SiH3])CCCN1[Si](C)(C)C. The van der Waals surface area contributed by atoms with Gasteiger partial charge in [-0.15, -0.1) is 0 Å². The molecule has 0 radical (unpaired) electrons. The van der Waals surface area contributed by atoms with E-state index in [0.29, 0.717) is 0 Å². The number of nitrogens with zero attached hydrogens (tertiary/aromatic N) is 1. The first-order valence-electron chi connectivity index (χ1n) is 4.73. The molecule has 0 bridgehead atoms. The maximum absolute atomic E-state index is 5.66. The molecule has 1 atom stereocenters. The lowest BCUT2D eigenvalue weighted by Gasteiger charge is -2.42. The second-order valence-corrected chi connectivity index (χ2v) is 11.2. The number of ether oxygens (including phenoxy) is 1. The van der Waals surface area contributed by atoms with Crippen LogP contribution in [0.4, 0.5) is 0 Å². The molecule has 72 valence electrons. The fraction of sp³-hybridized carbons (Fsp3) is 1.00. The molecule has 0 aromatic heterocycles. The summed E-state index contributed by atoms with van der Waals surface area (Å²) in [5.41, 5.74) is 0. The van der Waals surface area contributed by atoms with Crippen LogP contribution in [0.25, 0.3) is 0 Å². The lowest BCUT2D eigenvalue weighted by Crippen LogP contribution is -2.57. The summed E-state index contributed by atoms with van der Waals surface area (Å²) in [6.07, 6.45) is 2.57. The van der Waals surface area contributed by atoms with Crippen LogP contribution in [0.15, 0.2) is 0 Å². The third-order valence-electron chi connectivity index (χ3n) is 2.84. The Bertz CT molecular complexity index is 169. The molecule has 1 aliphatic heterocycles. The van der Waals surface area contributed by atoms with Gasteiger partial charge in [-0.25, -0.2) is 0 Å². The lowest BCUT2D eigenvalue weighted by atomic mass is 10.3. The van der Waals surface area contributed by atoms with Crippen molar-refractivity contribution in [3.05, 3.63) is 0 Å². The fourth-order valence-electron chi connectivity index (χ4n) is 2.19. The largest absolute Gasteiger partial charge is 0.369 e. The minimum atomic E-state index is -1.14. The van der Waals surface area contributed by atoms with Gasteiger partial charge in [-0.1, -0.05) is 19.6 Å². The number of hydrogen-bond donors (Lipinski definition) is 0. The van der Waals surface area contributed by atoms with Crippen molar-refractivity contribution < 1.29 is 4.74 Å². The summed E-state index contributed by atoms with van der Waals surface area (Å²) in [6, 6.07) is 0. The lowest BCUT2D eigenvalue weighted by molar-refractivity contribution is -0.00602. The van der Waals surface area contributed by atoms with Crippen LogP contribution < -0.4 is 0 Å². The molecule has 0 aromatic rings. The van der Waals surface area contributed by atoms with Crippen LogP contribution in [0.2, 0.25) is 19.6 Å². The van der Waals surface area contributed by atoms with Crippen LogP contribution in [0.5, 0.6) is 0 Å². The van der Waals surface area contributed by atoms with E-state index in [-0.39, 0.29) is 5.35 Å². The van der Waals surface area contributed by atoms with Crippen LogP contribution in [0, 0.1) is 0 Å². The van der Waals surface area contributed by atoms with Gasteiger partial charge in [0.05, 0.1) is 15.6 Å². The molecule has 1 heterocycles. The Morgan fingerprint density at radius 2 is 2.00 bits per heavy atom. The number of methoxy groups -OCH3 is 1. The molecule has 1 rings (SSSR count). The predicted octanol–water partition coefficient (Wildman–Crippen LogP) is 0.583. The molecule has 0 saturated carbocycles. The van der Waals surface area contributed by atoms with Gasteiger partial charge in [-0.3, -0.25) is 0 Å². The van der Waals surface area contributed by atoms with Crippen molar-refractivity contribution in [2.75, 3.05) is 13.7 Å². The van der Waals surface area contributed by atoms with Crippen LogP contribution >= 0.6 is 0 Å². The first kappa shape index (κ1) is 10.4. The second-order valence-electron chi connectivity index (χ2n) is 4.81. The van der Waals surface area contributed by atoms with Crippen molar-refractivity contribution in [1.29, 1.82) is 0 Å². The van der Waals surface area contributed by atoms with Gasteiger partial charge in [0.1, 0.15) is 8.24 Å². The summed E-state index contributed by atoms with van der Waals surface area (Å²) < 4.78 is 8.31. The quantitative estimate of drug-likeness (QED) is 0.609. The van der Waals surface area contributed by atoms with Crippen molar-refractivity contribution in [2.45, 2.75) is 37.8 Å². The average Bonchev–Trinajstić information content (AvgIpc) is 2.31. The van der Waals surface area contributed by atoms with Gasteiger partial charge in [0.15, 0.2) is 0 Å². The highest BCUT2D eigenvalue weighted by atomic mass is 28.3. The van der Waals surface area contributed by atoms with Gasteiger partial charge >= 0.3 is 0 Å². The van der Waals surface area contributed by atoms with Crippen molar-refractivity contribution >= 4 is 18.5 Å². The van der Waals surface area contributed by atoms with E-state index in [1.54, 1.807) is 0 Å². The first-order valence-corrected chi connectivity index (χ1v) is 9.18. The molecule has 1 saturated heterocycles. The van der Waals surface area contributed by atoms with E-state index in [9.17, 15) is 0 Å². The third-order valence-corrected chi connectivity index (χ3v) is 7.05. The molecule has 0 N–H and O–H groups in total. The van der Waals surface area contributed by atoms with E-state index in [1.165, 1.54) is 19.4 Å². The molecule has 1 unspecified atom stereocenters. The second kappa shape index (κ2) is 3.25. The molecule has 0 aromatic carbocycles. The zero-order valence-electron chi connectivity index (χ0n) is 8.98. The Hall–Kier alpha value is 0.354. The Morgan fingerprint density at radius 3 is 2.33 bits per heavy atom. The topological polar surface area (TPSA) is 12.5 Å². The Kier molecular flexibility index (Phi) is 2.83. The van der Waals surface area contributed by atoms with E-state index in [0.717, 1.165) is 10.2 Å². The fourth-order valence-corrected chi connectivity index (χ4v) is 7.23. The van der Waals surface area contributed by atoms with Crippen molar-refractivity contribution in [3.63, 3.8) is 0 Å². The van der Waals surface area contributed by atoms with Gasteiger partial charge < -0.3 is 9.30 Å². The summed E-state index contributed by atoms with van der Waals surface area (Å²) in [7, 11) is 1.86. The molecular weight excluding hydrogens is 182 g/mol. The Labute approximate surface area is 79.8 Å². The summed E-state index contributed by atoms with van der Waals surface area (Å²) >= 11 is 0. The molecule has 4 heteroatoms. The van der Waals surface area contributed by atoms with Gasteiger partial charge in [0, 0.05) is 7.11 Å². The minimum Gasteiger partial charge on any atom is -0.369 e. The highest BCUT2D eigenvalue weighted by molar-refractivity contribution is 6.74. The maximum atomic E-state index is 5.66. The molecule has 1 fully saturated rings. The average molecular weight is 203 g/mol. The van der Waals surface area contributed by atoms with Gasteiger partial charge in [0.25, 0.3) is 0 Å². The van der Waals surface area contributed by atoms with E-state index >= 15 is 0 Å². The minimum absolute atomic E-state index is 0.171. The molecular formula is C8H21NOSi2. The van der Waals surface area contributed by atoms with E-state index in [4.69, 9.17) is 4.74 Å². The standard InChI is InChI=1S/C8H21NOSi2/c1-10-8(11)6-5-7-9(8)12(2,3)4/h5-7H2,1-4,11H3. The number of rotatable bonds is 2.